The Hall–Kier alpha value is -3.09. The van der Waals surface area contributed by atoms with E-state index in [0.717, 1.165) is 31.0 Å². The molecule has 0 bridgehead atoms. The van der Waals surface area contributed by atoms with Crippen LogP contribution < -0.4 is 0 Å². The summed E-state index contributed by atoms with van der Waals surface area (Å²) in [6.45, 7) is 2.32. The maximum Gasteiger partial charge on any atom is 0.284 e. The summed E-state index contributed by atoms with van der Waals surface area (Å²) in [5, 5.41) is 19.4. The van der Waals surface area contributed by atoms with Gasteiger partial charge in [0.25, 0.3) is 10.9 Å². The number of Topliss-reactive ketones (excluding diaryl/α,β-unsaturated/α-hetero) is 1. The first-order valence-electron chi connectivity index (χ1n) is 10.2. The van der Waals surface area contributed by atoms with Gasteiger partial charge in [-0.1, -0.05) is 12.5 Å². The van der Waals surface area contributed by atoms with Crippen molar-refractivity contribution < 1.29 is 22.6 Å². The quantitative estimate of drug-likeness (QED) is 0.272. The molecule has 1 fully saturated rings. The van der Waals surface area contributed by atoms with Gasteiger partial charge >= 0.3 is 0 Å². The molecule has 0 unspecified atom stereocenters. The van der Waals surface area contributed by atoms with E-state index in [1.165, 1.54) is 41.6 Å². The lowest BCUT2D eigenvalue weighted by Gasteiger charge is -2.25. The Bertz CT molecular complexity index is 1320. The van der Waals surface area contributed by atoms with Gasteiger partial charge in [-0.05, 0) is 61.9 Å². The van der Waals surface area contributed by atoms with Crippen molar-refractivity contribution in [3.8, 4) is 11.5 Å². The maximum absolute atomic E-state index is 13.0. The Labute approximate surface area is 194 Å². The van der Waals surface area contributed by atoms with Crippen LogP contribution in [0.5, 0.6) is 0 Å². The summed E-state index contributed by atoms with van der Waals surface area (Å²) in [6.07, 6.45) is 2.69. The van der Waals surface area contributed by atoms with E-state index >= 15 is 0 Å². The van der Waals surface area contributed by atoms with Gasteiger partial charge in [-0.25, -0.2) is 8.42 Å². The second-order valence-corrected chi connectivity index (χ2v) is 10.4. The minimum atomic E-state index is -3.62. The second-order valence-electron chi connectivity index (χ2n) is 7.46. The predicted octanol–water partition coefficient (Wildman–Crippen LogP) is 4.17. The third-order valence-corrected chi connectivity index (χ3v) is 8.00. The predicted molar refractivity (Wildman–Crippen MR) is 120 cm³/mol. The largest absolute Gasteiger partial charge is 0.411 e. The highest BCUT2D eigenvalue weighted by atomic mass is 32.2. The topological polar surface area (TPSA) is 137 Å². The molecule has 10 nitrogen and oxygen atoms in total. The molecule has 0 radical (unpaired) electrons. The first-order chi connectivity index (χ1) is 15.8. The van der Waals surface area contributed by atoms with E-state index in [1.807, 2.05) is 0 Å². The fourth-order valence-corrected chi connectivity index (χ4v) is 5.80. The molecule has 0 N–H and O–H groups in total. The summed E-state index contributed by atoms with van der Waals surface area (Å²) in [6, 6.07) is 10.4. The average molecular weight is 489 g/mol. The molecular formula is C21H20N4O6S2. The minimum Gasteiger partial charge on any atom is -0.411 e. The Morgan fingerprint density at radius 1 is 1.12 bits per heavy atom. The number of aromatic nitrogens is 2. The lowest BCUT2D eigenvalue weighted by atomic mass is 10.1. The lowest BCUT2D eigenvalue weighted by Crippen LogP contribution is -2.35. The molecular weight excluding hydrogens is 468 g/mol. The number of nitro benzene ring substituents is 1. The number of hydrogen-bond donors (Lipinski definition) is 0. The van der Waals surface area contributed by atoms with E-state index in [1.54, 1.807) is 12.1 Å². The van der Waals surface area contributed by atoms with Crippen molar-refractivity contribution in [1.29, 1.82) is 0 Å². The number of piperidine rings is 1. The van der Waals surface area contributed by atoms with E-state index in [2.05, 4.69) is 10.2 Å². The number of benzene rings is 2. The van der Waals surface area contributed by atoms with Crippen molar-refractivity contribution in [1.82, 2.24) is 14.5 Å². The first-order valence-corrected chi connectivity index (χ1v) is 12.4. The molecule has 172 valence electrons. The van der Waals surface area contributed by atoms with Crippen LogP contribution in [0.2, 0.25) is 0 Å². The summed E-state index contributed by atoms with van der Waals surface area (Å²) in [4.78, 5) is 22.8. The average Bonchev–Trinajstić information content (AvgIpc) is 3.28. The summed E-state index contributed by atoms with van der Waals surface area (Å²) in [7, 11) is -3.62. The van der Waals surface area contributed by atoms with E-state index in [4.69, 9.17) is 4.42 Å². The molecule has 0 atom stereocenters. The van der Waals surface area contributed by atoms with Crippen LogP contribution in [0.1, 0.15) is 36.5 Å². The normalized spacial score (nSPS) is 14.8. The van der Waals surface area contributed by atoms with Crippen LogP contribution in [-0.4, -0.2) is 46.7 Å². The van der Waals surface area contributed by atoms with Gasteiger partial charge in [-0.2, -0.15) is 4.31 Å². The van der Waals surface area contributed by atoms with Crippen LogP contribution in [0.3, 0.4) is 0 Å². The Morgan fingerprint density at radius 3 is 2.58 bits per heavy atom. The minimum absolute atomic E-state index is 0.0490. The second kappa shape index (κ2) is 9.41. The van der Waals surface area contributed by atoms with Crippen molar-refractivity contribution in [2.45, 2.75) is 41.2 Å². The molecule has 1 aliphatic rings. The fourth-order valence-electron chi connectivity index (χ4n) is 3.47. The highest BCUT2D eigenvalue weighted by Crippen LogP contribution is 2.36. The van der Waals surface area contributed by atoms with E-state index in [9.17, 15) is 23.3 Å². The number of ketones is 1. The molecule has 1 aromatic heterocycles. The third-order valence-electron chi connectivity index (χ3n) is 5.20. The van der Waals surface area contributed by atoms with Gasteiger partial charge in [0.05, 0.1) is 14.7 Å². The number of nitrogens with zero attached hydrogens (tertiary/aromatic N) is 4. The molecule has 1 saturated heterocycles. The molecule has 2 heterocycles. The van der Waals surface area contributed by atoms with Gasteiger partial charge in [0, 0.05) is 30.3 Å². The zero-order valence-electron chi connectivity index (χ0n) is 17.6. The maximum atomic E-state index is 13.0. The van der Waals surface area contributed by atoms with Crippen molar-refractivity contribution in [2.24, 2.45) is 0 Å². The fraction of sp³-hybridized carbons (Fsp3) is 0.286. The summed E-state index contributed by atoms with van der Waals surface area (Å²) in [5.41, 5.74) is 0.403. The molecule has 1 aliphatic heterocycles. The molecule has 0 aliphatic carbocycles. The van der Waals surface area contributed by atoms with Crippen molar-refractivity contribution >= 4 is 33.3 Å². The van der Waals surface area contributed by atoms with Crippen LogP contribution in [0, 0.1) is 10.1 Å². The van der Waals surface area contributed by atoms with Crippen LogP contribution in [0.15, 0.2) is 61.9 Å². The number of hydrogen-bond acceptors (Lipinski definition) is 9. The highest BCUT2D eigenvalue weighted by molar-refractivity contribution is 7.99. The number of carbonyl (C=O) groups excluding carboxylic acids is 1. The summed E-state index contributed by atoms with van der Waals surface area (Å²) in [5.74, 6) is -0.190. The SMILES string of the molecule is CC(=O)c1ccc(Sc2nnc(-c3cccc(S(=O)(=O)N4CCCCC4)c3)o2)c([N+](=O)[O-])c1. The number of rotatable bonds is 7. The molecule has 4 rings (SSSR count). The number of carbonyl (C=O) groups is 1. The van der Waals surface area contributed by atoms with Gasteiger partial charge in [0.1, 0.15) is 0 Å². The van der Waals surface area contributed by atoms with Gasteiger partial charge < -0.3 is 4.42 Å². The van der Waals surface area contributed by atoms with Crippen molar-refractivity contribution in [3.63, 3.8) is 0 Å². The van der Waals surface area contributed by atoms with Crippen LogP contribution in [-0.2, 0) is 10.0 Å². The standard InChI is InChI=1S/C21H20N4O6S2/c1-14(26)15-8-9-19(18(13-15)25(27)28)32-21-23-22-20(31-21)16-6-5-7-17(12-16)33(29,30)24-10-3-2-4-11-24/h5-9,12-13H,2-4,10-11H2,1H3. The zero-order chi connectivity index (χ0) is 23.6. The summed E-state index contributed by atoms with van der Waals surface area (Å²) < 4.78 is 33.0. The number of sulfonamides is 1. The Balaban J connectivity index is 1.59. The lowest BCUT2D eigenvalue weighted by molar-refractivity contribution is -0.387. The van der Waals surface area contributed by atoms with Gasteiger partial charge in [0.2, 0.25) is 15.9 Å². The zero-order valence-corrected chi connectivity index (χ0v) is 19.3. The molecule has 12 heteroatoms. The van der Waals surface area contributed by atoms with E-state index in [-0.39, 0.29) is 37.9 Å². The molecule has 0 saturated carbocycles. The van der Waals surface area contributed by atoms with Crippen molar-refractivity contribution in [2.75, 3.05) is 13.1 Å². The van der Waals surface area contributed by atoms with Crippen LogP contribution >= 0.6 is 11.8 Å². The highest BCUT2D eigenvalue weighted by Gasteiger charge is 2.27. The van der Waals surface area contributed by atoms with Crippen LogP contribution in [0.4, 0.5) is 5.69 Å². The van der Waals surface area contributed by atoms with Gasteiger partial charge in [0.15, 0.2) is 5.78 Å². The molecule has 2 aromatic carbocycles. The van der Waals surface area contributed by atoms with Gasteiger partial charge in [-0.3, -0.25) is 14.9 Å². The monoisotopic (exact) mass is 488 g/mol. The van der Waals surface area contributed by atoms with E-state index < -0.39 is 14.9 Å². The van der Waals surface area contributed by atoms with Crippen LogP contribution in [0.25, 0.3) is 11.5 Å². The molecule has 33 heavy (non-hydrogen) atoms. The Kier molecular flexibility index (Phi) is 6.58. The Morgan fingerprint density at radius 2 is 1.88 bits per heavy atom. The summed E-state index contributed by atoms with van der Waals surface area (Å²) >= 11 is 0.891. The number of nitro groups is 1. The smallest absolute Gasteiger partial charge is 0.284 e. The third kappa shape index (κ3) is 4.97. The molecule has 0 amide bonds. The van der Waals surface area contributed by atoms with Gasteiger partial charge in [-0.15, -0.1) is 10.2 Å². The molecule has 3 aromatic rings. The van der Waals surface area contributed by atoms with Crippen molar-refractivity contribution in [3.05, 3.63) is 58.1 Å². The van der Waals surface area contributed by atoms with E-state index in [0.29, 0.717) is 18.7 Å². The first kappa shape index (κ1) is 23.1. The molecule has 0 spiro atoms.